The topological polar surface area (TPSA) is 105 Å². The van der Waals surface area contributed by atoms with E-state index in [0.29, 0.717) is 12.1 Å². The summed E-state index contributed by atoms with van der Waals surface area (Å²) in [6.07, 6.45) is -6.71. The Balaban J connectivity index is 3.12. The van der Waals surface area contributed by atoms with Gasteiger partial charge in [-0.15, -0.1) is 0 Å². The molecule has 11 heteroatoms. The number of halogens is 3. The zero-order valence-electron chi connectivity index (χ0n) is 13.2. The van der Waals surface area contributed by atoms with Crippen molar-refractivity contribution < 1.29 is 41.9 Å². The van der Waals surface area contributed by atoms with Crippen LogP contribution in [0.5, 0.6) is 5.75 Å². The second-order valence-corrected chi connectivity index (χ2v) is 4.68. The minimum absolute atomic E-state index is 0.239. The molecule has 138 valence electrons. The van der Waals surface area contributed by atoms with Gasteiger partial charge in [0.05, 0.1) is 24.7 Å². The Morgan fingerprint density at radius 3 is 2.36 bits per heavy atom. The van der Waals surface area contributed by atoms with E-state index in [1.807, 2.05) is 0 Å². The summed E-state index contributed by atoms with van der Waals surface area (Å²) in [5.74, 6) is -2.17. The fourth-order valence-electron chi connectivity index (χ4n) is 1.80. The summed E-state index contributed by atoms with van der Waals surface area (Å²) >= 11 is 0. The Hall–Kier alpha value is -2.85. The summed E-state index contributed by atoms with van der Waals surface area (Å²) < 4.78 is 52.0. The van der Waals surface area contributed by atoms with Crippen molar-refractivity contribution in [3.8, 4) is 5.75 Å². The molecule has 0 bridgehead atoms. The van der Waals surface area contributed by atoms with Crippen LogP contribution in [0.15, 0.2) is 18.2 Å². The van der Waals surface area contributed by atoms with Crippen molar-refractivity contribution in [1.82, 2.24) is 0 Å². The molecular formula is C14H14F3NO7. The molecule has 0 saturated heterocycles. The zero-order valence-corrected chi connectivity index (χ0v) is 13.2. The van der Waals surface area contributed by atoms with Crippen LogP contribution in [0.2, 0.25) is 0 Å². The van der Waals surface area contributed by atoms with Gasteiger partial charge in [0, 0.05) is 18.9 Å². The molecule has 0 fully saturated rings. The number of carbonyl (C=O) groups excluding carboxylic acids is 2. The first-order valence-corrected chi connectivity index (χ1v) is 6.77. The molecular weight excluding hydrogens is 351 g/mol. The summed E-state index contributed by atoms with van der Waals surface area (Å²) in [7, 11) is 2.15. The van der Waals surface area contributed by atoms with Gasteiger partial charge in [0.15, 0.2) is 11.9 Å². The molecule has 1 aromatic rings. The van der Waals surface area contributed by atoms with E-state index in [9.17, 15) is 32.9 Å². The van der Waals surface area contributed by atoms with E-state index in [2.05, 4.69) is 9.47 Å². The first kappa shape index (κ1) is 20.2. The highest BCUT2D eigenvalue weighted by Gasteiger charge is 2.34. The number of methoxy groups -OCH3 is 2. The second kappa shape index (κ2) is 8.31. The molecule has 1 rings (SSSR count). The number of hydrogen-bond donors (Lipinski definition) is 0. The lowest BCUT2D eigenvalue weighted by Gasteiger charge is -2.17. The zero-order chi connectivity index (χ0) is 19.2. The first-order chi connectivity index (χ1) is 11.6. The van der Waals surface area contributed by atoms with Gasteiger partial charge in [0.25, 0.3) is 0 Å². The lowest BCUT2D eigenvalue weighted by atomic mass is 10.1. The molecule has 0 aliphatic heterocycles. The number of nitro groups is 1. The SMILES string of the molecule is COC(=O)CC[C@H](Oc1ccc(C(F)(F)F)cc1[N+](=O)[O-])C(=O)OC. The maximum Gasteiger partial charge on any atom is 0.416 e. The van der Waals surface area contributed by atoms with Gasteiger partial charge < -0.3 is 14.2 Å². The fourth-order valence-corrected chi connectivity index (χ4v) is 1.80. The highest BCUT2D eigenvalue weighted by Crippen LogP contribution is 2.36. The van der Waals surface area contributed by atoms with Crippen molar-refractivity contribution in [2.24, 2.45) is 0 Å². The van der Waals surface area contributed by atoms with E-state index >= 15 is 0 Å². The Morgan fingerprint density at radius 1 is 1.24 bits per heavy atom. The molecule has 0 aliphatic rings. The molecule has 0 spiro atoms. The third-order valence-corrected chi connectivity index (χ3v) is 3.05. The molecule has 0 saturated carbocycles. The molecule has 0 aliphatic carbocycles. The smallest absolute Gasteiger partial charge is 0.416 e. The Bertz CT molecular complexity index is 660. The standard InChI is InChI=1S/C14H14F3NO7/c1-23-12(19)6-5-11(13(20)24-2)25-10-4-3-8(14(15,16)17)7-9(10)18(21)22/h3-4,7,11H,5-6H2,1-2H3/t11-/m0/s1. The Labute approximate surface area is 139 Å². The minimum Gasteiger partial charge on any atom is -0.472 e. The third kappa shape index (κ3) is 5.62. The molecule has 0 N–H and O–H groups in total. The molecule has 1 atom stereocenters. The van der Waals surface area contributed by atoms with Crippen molar-refractivity contribution in [3.63, 3.8) is 0 Å². The van der Waals surface area contributed by atoms with Gasteiger partial charge >= 0.3 is 23.8 Å². The lowest BCUT2D eigenvalue weighted by molar-refractivity contribution is -0.386. The largest absolute Gasteiger partial charge is 0.472 e. The van der Waals surface area contributed by atoms with E-state index in [0.717, 1.165) is 20.3 Å². The predicted molar refractivity (Wildman–Crippen MR) is 75.8 cm³/mol. The predicted octanol–water partition coefficient (Wildman–Crippen LogP) is 2.49. The second-order valence-electron chi connectivity index (χ2n) is 4.68. The number of esters is 2. The van der Waals surface area contributed by atoms with E-state index in [1.54, 1.807) is 0 Å². The van der Waals surface area contributed by atoms with Crippen molar-refractivity contribution in [2.75, 3.05) is 14.2 Å². The minimum atomic E-state index is -4.78. The quantitative estimate of drug-likeness (QED) is 0.415. The molecule has 0 unspecified atom stereocenters. The van der Waals surface area contributed by atoms with Gasteiger partial charge in [0.1, 0.15) is 0 Å². The van der Waals surface area contributed by atoms with Crippen LogP contribution in [-0.2, 0) is 25.2 Å². The normalized spacial score (nSPS) is 12.2. The van der Waals surface area contributed by atoms with Crippen LogP contribution in [0.25, 0.3) is 0 Å². The molecule has 0 amide bonds. The van der Waals surface area contributed by atoms with Crippen molar-refractivity contribution >= 4 is 17.6 Å². The molecule has 25 heavy (non-hydrogen) atoms. The number of hydrogen-bond acceptors (Lipinski definition) is 7. The van der Waals surface area contributed by atoms with Gasteiger partial charge in [-0.25, -0.2) is 4.79 Å². The third-order valence-electron chi connectivity index (χ3n) is 3.05. The van der Waals surface area contributed by atoms with Crippen LogP contribution < -0.4 is 4.74 Å². The van der Waals surface area contributed by atoms with Gasteiger partial charge in [0.2, 0.25) is 0 Å². The van der Waals surface area contributed by atoms with E-state index in [-0.39, 0.29) is 12.8 Å². The summed E-state index contributed by atoms with van der Waals surface area (Å²) in [4.78, 5) is 32.8. The number of nitrogens with zero attached hydrogens (tertiary/aromatic N) is 1. The van der Waals surface area contributed by atoms with Crippen LogP contribution in [0.4, 0.5) is 18.9 Å². The number of rotatable bonds is 7. The summed E-state index contributed by atoms with van der Waals surface area (Å²) in [6.45, 7) is 0. The highest BCUT2D eigenvalue weighted by molar-refractivity contribution is 5.76. The molecule has 0 aromatic heterocycles. The van der Waals surface area contributed by atoms with Crippen molar-refractivity contribution in [1.29, 1.82) is 0 Å². The fraction of sp³-hybridized carbons (Fsp3) is 0.429. The van der Waals surface area contributed by atoms with Crippen LogP contribution >= 0.6 is 0 Å². The summed E-state index contributed by atoms with van der Waals surface area (Å²) in [5.41, 5.74) is -2.21. The van der Waals surface area contributed by atoms with Gasteiger partial charge in [-0.1, -0.05) is 0 Å². The first-order valence-electron chi connectivity index (χ1n) is 6.77. The molecule has 1 aromatic carbocycles. The van der Waals surface area contributed by atoms with Crippen LogP contribution in [0.3, 0.4) is 0 Å². The Kier molecular flexibility index (Phi) is 6.71. The van der Waals surface area contributed by atoms with Gasteiger partial charge in [-0.2, -0.15) is 13.2 Å². The van der Waals surface area contributed by atoms with Crippen LogP contribution in [0, 0.1) is 10.1 Å². The maximum atomic E-state index is 12.7. The number of nitro benzene ring substituents is 1. The maximum absolute atomic E-state index is 12.7. The summed E-state index contributed by atoms with van der Waals surface area (Å²) in [6, 6.07) is 1.61. The monoisotopic (exact) mass is 365 g/mol. The van der Waals surface area contributed by atoms with E-state index in [4.69, 9.17) is 4.74 Å². The average molecular weight is 365 g/mol. The van der Waals surface area contributed by atoms with E-state index in [1.165, 1.54) is 0 Å². The average Bonchev–Trinajstić information content (AvgIpc) is 2.56. The highest BCUT2D eigenvalue weighted by atomic mass is 19.4. The number of carbonyl (C=O) groups is 2. The molecule has 0 heterocycles. The van der Waals surface area contributed by atoms with Gasteiger partial charge in [-0.05, 0) is 12.1 Å². The van der Waals surface area contributed by atoms with E-state index < -0.39 is 46.1 Å². The van der Waals surface area contributed by atoms with Crippen molar-refractivity contribution in [3.05, 3.63) is 33.9 Å². The van der Waals surface area contributed by atoms with Gasteiger partial charge in [-0.3, -0.25) is 14.9 Å². The molecule has 0 radical (unpaired) electrons. The van der Waals surface area contributed by atoms with Crippen LogP contribution in [-0.4, -0.2) is 37.2 Å². The Morgan fingerprint density at radius 2 is 1.88 bits per heavy atom. The lowest BCUT2D eigenvalue weighted by Crippen LogP contribution is -2.29. The number of alkyl halides is 3. The molecule has 8 nitrogen and oxygen atoms in total. The summed E-state index contributed by atoms with van der Waals surface area (Å²) in [5, 5.41) is 11.0. The van der Waals surface area contributed by atoms with Crippen molar-refractivity contribution in [2.45, 2.75) is 25.1 Å². The number of benzene rings is 1. The number of ether oxygens (including phenoxy) is 3. The van der Waals surface area contributed by atoms with Crippen LogP contribution in [0.1, 0.15) is 18.4 Å².